The van der Waals surface area contributed by atoms with Crippen LogP contribution >= 0.6 is 0 Å². The molecule has 0 saturated carbocycles. The number of amides is 1. The molecule has 1 N–H and O–H groups in total. The summed E-state index contributed by atoms with van der Waals surface area (Å²) in [6.45, 7) is 2.02. The summed E-state index contributed by atoms with van der Waals surface area (Å²) in [5.41, 5.74) is 1.74. The zero-order valence-corrected chi connectivity index (χ0v) is 10.3. The fourth-order valence-corrected chi connectivity index (χ4v) is 1.45. The van der Waals surface area contributed by atoms with Gasteiger partial charge in [-0.2, -0.15) is 5.26 Å². The number of nitrogens with one attached hydrogen (secondary N) is 1. The highest BCUT2D eigenvalue weighted by Crippen LogP contribution is 2.02. The minimum absolute atomic E-state index is 0.0559. The summed E-state index contributed by atoms with van der Waals surface area (Å²) in [6, 6.07) is 5.61. The third-order valence-electron chi connectivity index (χ3n) is 2.48. The van der Waals surface area contributed by atoms with Crippen molar-refractivity contribution in [2.24, 2.45) is 0 Å². The number of pyridine rings is 1. The lowest BCUT2D eigenvalue weighted by Crippen LogP contribution is -2.25. The lowest BCUT2D eigenvalue weighted by Gasteiger charge is -2.04. The van der Waals surface area contributed by atoms with Crippen LogP contribution in [0.25, 0.3) is 0 Å². The average molecular weight is 253 g/mol. The molecule has 0 aliphatic heterocycles. The number of nitrogens with zero attached hydrogens (tertiary/aromatic N) is 4. The molecule has 0 radical (unpaired) electrons. The van der Waals surface area contributed by atoms with Gasteiger partial charge >= 0.3 is 0 Å². The molecule has 0 bridgehead atoms. The topological polar surface area (TPSA) is 91.6 Å². The Bertz CT molecular complexity index is 633. The minimum Gasteiger partial charge on any atom is -0.345 e. The Morgan fingerprint density at radius 3 is 2.95 bits per heavy atom. The SMILES string of the molecule is Cc1nc(C(=O)NCc2cccnc2)ncc1C#N. The van der Waals surface area contributed by atoms with Crippen molar-refractivity contribution < 1.29 is 4.79 Å². The van der Waals surface area contributed by atoms with E-state index in [1.54, 1.807) is 25.4 Å². The van der Waals surface area contributed by atoms with Crippen LogP contribution in [0.5, 0.6) is 0 Å². The summed E-state index contributed by atoms with van der Waals surface area (Å²) in [7, 11) is 0. The summed E-state index contributed by atoms with van der Waals surface area (Å²) in [5.74, 6) is -0.322. The zero-order valence-electron chi connectivity index (χ0n) is 10.3. The van der Waals surface area contributed by atoms with E-state index in [0.29, 0.717) is 17.8 Å². The van der Waals surface area contributed by atoms with Gasteiger partial charge in [0, 0.05) is 25.1 Å². The molecule has 0 aliphatic rings. The lowest BCUT2D eigenvalue weighted by atomic mass is 10.2. The van der Waals surface area contributed by atoms with Gasteiger partial charge in [0.1, 0.15) is 6.07 Å². The van der Waals surface area contributed by atoms with Crippen molar-refractivity contribution >= 4 is 5.91 Å². The van der Waals surface area contributed by atoms with Crippen molar-refractivity contribution in [3.63, 3.8) is 0 Å². The van der Waals surface area contributed by atoms with Crippen molar-refractivity contribution in [3.8, 4) is 6.07 Å². The Kier molecular flexibility index (Phi) is 3.78. The number of rotatable bonds is 3. The fourth-order valence-electron chi connectivity index (χ4n) is 1.45. The Labute approximate surface area is 110 Å². The third-order valence-corrected chi connectivity index (χ3v) is 2.48. The molecule has 2 rings (SSSR count). The standard InChI is InChI=1S/C13H11N5O/c1-9-11(5-14)8-16-12(18-9)13(19)17-7-10-3-2-4-15-6-10/h2-4,6,8H,7H2,1H3,(H,17,19). The molecule has 2 aromatic rings. The Hall–Kier alpha value is -2.81. The van der Waals surface area contributed by atoms with E-state index < -0.39 is 0 Å². The highest BCUT2D eigenvalue weighted by Gasteiger charge is 2.10. The first-order valence-corrected chi connectivity index (χ1v) is 5.61. The predicted molar refractivity (Wildman–Crippen MR) is 66.9 cm³/mol. The Morgan fingerprint density at radius 1 is 1.47 bits per heavy atom. The van der Waals surface area contributed by atoms with Gasteiger partial charge in [0.25, 0.3) is 5.91 Å². The van der Waals surface area contributed by atoms with E-state index in [0.717, 1.165) is 5.56 Å². The molecule has 0 saturated heterocycles. The smallest absolute Gasteiger partial charge is 0.289 e. The number of nitriles is 1. The maximum Gasteiger partial charge on any atom is 0.289 e. The number of hydrogen-bond donors (Lipinski definition) is 1. The van der Waals surface area contributed by atoms with Gasteiger partial charge in [0.15, 0.2) is 0 Å². The second kappa shape index (κ2) is 5.69. The number of aromatic nitrogens is 3. The van der Waals surface area contributed by atoms with E-state index >= 15 is 0 Å². The van der Waals surface area contributed by atoms with Crippen molar-refractivity contribution in [2.75, 3.05) is 0 Å². The molecule has 0 aliphatic carbocycles. The van der Waals surface area contributed by atoms with Crippen LogP contribution in [-0.4, -0.2) is 20.9 Å². The number of carbonyl (C=O) groups excluding carboxylic acids is 1. The fraction of sp³-hybridized carbons (Fsp3) is 0.154. The van der Waals surface area contributed by atoms with Gasteiger partial charge < -0.3 is 5.32 Å². The molecule has 6 heteroatoms. The molecule has 0 unspecified atom stereocenters. The van der Waals surface area contributed by atoms with Crippen molar-refractivity contribution in [1.29, 1.82) is 5.26 Å². The van der Waals surface area contributed by atoms with E-state index in [1.807, 2.05) is 12.1 Å². The summed E-state index contributed by atoms with van der Waals surface area (Å²) in [5, 5.41) is 11.5. The molecule has 0 spiro atoms. The van der Waals surface area contributed by atoms with E-state index in [-0.39, 0.29) is 11.7 Å². The maximum atomic E-state index is 11.8. The van der Waals surface area contributed by atoms with E-state index in [2.05, 4.69) is 20.3 Å². The van der Waals surface area contributed by atoms with Crippen LogP contribution in [0, 0.1) is 18.3 Å². The van der Waals surface area contributed by atoms with E-state index in [9.17, 15) is 4.79 Å². The molecule has 0 atom stereocenters. The average Bonchev–Trinajstić information content (AvgIpc) is 2.45. The predicted octanol–water partition coefficient (Wildman–Crippen LogP) is 0.982. The van der Waals surface area contributed by atoms with Crippen LogP contribution in [0.15, 0.2) is 30.7 Å². The highest BCUT2D eigenvalue weighted by molar-refractivity contribution is 5.90. The summed E-state index contributed by atoms with van der Waals surface area (Å²) in [6.07, 6.45) is 4.69. The Morgan fingerprint density at radius 2 is 2.32 bits per heavy atom. The largest absolute Gasteiger partial charge is 0.345 e. The number of hydrogen-bond acceptors (Lipinski definition) is 5. The van der Waals surface area contributed by atoms with E-state index in [4.69, 9.17) is 5.26 Å². The van der Waals surface area contributed by atoms with Crippen LogP contribution < -0.4 is 5.32 Å². The van der Waals surface area contributed by atoms with Crippen LogP contribution in [0.4, 0.5) is 0 Å². The first-order valence-electron chi connectivity index (χ1n) is 5.61. The second-order valence-electron chi connectivity index (χ2n) is 3.85. The molecular formula is C13H11N5O. The lowest BCUT2D eigenvalue weighted by molar-refractivity contribution is 0.0940. The van der Waals surface area contributed by atoms with Crippen molar-refractivity contribution in [3.05, 3.63) is 53.4 Å². The molecule has 19 heavy (non-hydrogen) atoms. The highest BCUT2D eigenvalue weighted by atomic mass is 16.2. The van der Waals surface area contributed by atoms with Crippen molar-refractivity contribution in [1.82, 2.24) is 20.3 Å². The van der Waals surface area contributed by atoms with Crippen LogP contribution in [-0.2, 0) is 6.54 Å². The molecule has 94 valence electrons. The quantitative estimate of drug-likeness (QED) is 0.880. The monoisotopic (exact) mass is 253 g/mol. The summed E-state index contributed by atoms with van der Waals surface area (Å²) >= 11 is 0. The first-order chi connectivity index (χ1) is 9.20. The molecule has 1 amide bonds. The van der Waals surface area contributed by atoms with Gasteiger partial charge in [-0.3, -0.25) is 9.78 Å². The number of carbonyl (C=O) groups is 1. The maximum absolute atomic E-state index is 11.8. The van der Waals surface area contributed by atoms with Crippen LogP contribution in [0.2, 0.25) is 0 Å². The Balaban J connectivity index is 2.05. The van der Waals surface area contributed by atoms with Gasteiger partial charge in [0.2, 0.25) is 5.82 Å². The van der Waals surface area contributed by atoms with Gasteiger partial charge in [-0.05, 0) is 18.6 Å². The minimum atomic E-state index is -0.378. The second-order valence-corrected chi connectivity index (χ2v) is 3.85. The molecular weight excluding hydrogens is 242 g/mol. The summed E-state index contributed by atoms with van der Waals surface area (Å²) in [4.78, 5) is 23.6. The third kappa shape index (κ3) is 3.10. The van der Waals surface area contributed by atoms with Gasteiger partial charge in [0.05, 0.1) is 11.3 Å². The van der Waals surface area contributed by atoms with Crippen LogP contribution in [0.1, 0.15) is 27.4 Å². The normalized spacial score (nSPS) is 9.68. The van der Waals surface area contributed by atoms with Gasteiger partial charge in [-0.25, -0.2) is 9.97 Å². The van der Waals surface area contributed by atoms with Gasteiger partial charge in [-0.1, -0.05) is 6.07 Å². The summed E-state index contributed by atoms with van der Waals surface area (Å²) < 4.78 is 0. The zero-order chi connectivity index (χ0) is 13.7. The number of aryl methyl sites for hydroxylation is 1. The molecule has 6 nitrogen and oxygen atoms in total. The first kappa shape index (κ1) is 12.6. The molecule has 2 heterocycles. The molecule has 0 fully saturated rings. The molecule has 2 aromatic heterocycles. The molecule has 0 aromatic carbocycles. The van der Waals surface area contributed by atoms with E-state index in [1.165, 1.54) is 6.20 Å². The van der Waals surface area contributed by atoms with Crippen molar-refractivity contribution in [2.45, 2.75) is 13.5 Å². The van der Waals surface area contributed by atoms with Crippen LogP contribution in [0.3, 0.4) is 0 Å². The van der Waals surface area contributed by atoms with Gasteiger partial charge in [-0.15, -0.1) is 0 Å².